The number of likely N-dealkylation sites (tertiary alicyclic amines) is 1. The molecule has 0 radical (unpaired) electrons. The van der Waals surface area contributed by atoms with Crippen LogP contribution in [0.3, 0.4) is 0 Å². The van der Waals surface area contributed by atoms with Gasteiger partial charge in [-0.3, -0.25) is 15.1 Å². The fraction of sp³-hybridized carbons (Fsp3) is 0.429. The molecule has 2 fully saturated rings. The predicted molar refractivity (Wildman–Crippen MR) is 109 cm³/mol. The average Bonchev–Trinajstić information content (AvgIpc) is 3.44. The van der Waals surface area contributed by atoms with Gasteiger partial charge in [0.1, 0.15) is 11.4 Å². The second-order valence-corrected chi connectivity index (χ2v) is 8.57. The average molecular weight is 414 g/mol. The summed E-state index contributed by atoms with van der Waals surface area (Å²) in [5.41, 5.74) is 3.61. The molecule has 8 nitrogen and oxygen atoms in total. The van der Waals surface area contributed by atoms with Gasteiger partial charge >= 0.3 is 5.97 Å². The number of hydrogen-bond donors (Lipinski definition) is 2. The lowest BCUT2D eigenvalue weighted by Gasteiger charge is -2.47. The standard InChI is InChI=1S/C21H23FN4O4/c1-24-9-21(10-24)11-25(8-18(21)23-30-2)17-6-16-13(5-15(17)22)19(27)14(20(28)29)7-26(16)12-3-4-12/h5-8,12,23H,3-4,9-11H2,1-2H3,(H,28,29). The molecule has 0 unspecified atom stereocenters. The summed E-state index contributed by atoms with van der Waals surface area (Å²) in [5.74, 6) is -1.85. The molecule has 1 aromatic heterocycles. The van der Waals surface area contributed by atoms with Crippen LogP contribution in [-0.2, 0) is 4.84 Å². The number of fused-ring (bicyclic) bond motifs is 1. The van der Waals surface area contributed by atoms with E-state index in [1.807, 2.05) is 22.7 Å². The van der Waals surface area contributed by atoms with Crippen molar-refractivity contribution in [3.63, 3.8) is 0 Å². The number of rotatable bonds is 5. The number of benzene rings is 1. The summed E-state index contributed by atoms with van der Waals surface area (Å²) in [7, 11) is 3.58. The summed E-state index contributed by atoms with van der Waals surface area (Å²) in [5, 5.41) is 9.49. The van der Waals surface area contributed by atoms with Crippen LogP contribution in [0.15, 0.2) is 35.0 Å². The van der Waals surface area contributed by atoms with Crippen molar-refractivity contribution in [3.05, 3.63) is 51.8 Å². The minimum Gasteiger partial charge on any atom is -0.477 e. The van der Waals surface area contributed by atoms with Crippen LogP contribution in [0.1, 0.15) is 29.2 Å². The number of hydroxylamine groups is 1. The minimum atomic E-state index is -1.30. The van der Waals surface area contributed by atoms with Crippen molar-refractivity contribution in [3.8, 4) is 0 Å². The molecule has 0 atom stereocenters. The van der Waals surface area contributed by atoms with E-state index in [0.29, 0.717) is 17.7 Å². The number of hydrogen-bond acceptors (Lipinski definition) is 6. The van der Waals surface area contributed by atoms with Crippen LogP contribution in [0.25, 0.3) is 10.9 Å². The maximum absolute atomic E-state index is 15.2. The van der Waals surface area contributed by atoms with Gasteiger partial charge in [0.05, 0.1) is 29.4 Å². The number of halogens is 1. The third-order valence-electron chi connectivity index (χ3n) is 6.27. The lowest BCUT2D eigenvalue weighted by Crippen LogP contribution is -2.58. The molecular formula is C21H23FN4O4. The third kappa shape index (κ3) is 2.80. The van der Waals surface area contributed by atoms with Gasteiger partial charge in [0.25, 0.3) is 0 Å². The van der Waals surface area contributed by atoms with E-state index in [1.54, 1.807) is 13.2 Å². The largest absolute Gasteiger partial charge is 0.477 e. The number of anilines is 1. The Hall–Kier alpha value is -2.91. The molecule has 1 aliphatic carbocycles. The van der Waals surface area contributed by atoms with Gasteiger partial charge in [0, 0.05) is 43.5 Å². The molecule has 0 bridgehead atoms. The van der Waals surface area contributed by atoms with Crippen LogP contribution in [0.5, 0.6) is 0 Å². The van der Waals surface area contributed by atoms with Crippen LogP contribution in [0.4, 0.5) is 10.1 Å². The molecule has 158 valence electrons. The molecule has 2 aromatic rings. The maximum Gasteiger partial charge on any atom is 0.341 e. The highest BCUT2D eigenvalue weighted by atomic mass is 19.1. The Bertz CT molecular complexity index is 1150. The van der Waals surface area contributed by atoms with Crippen molar-refractivity contribution >= 4 is 22.6 Å². The molecule has 3 aliphatic rings. The van der Waals surface area contributed by atoms with Crippen LogP contribution >= 0.6 is 0 Å². The summed E-state index contributed by atoms with van der Waals surface area (Å²) < 4.78 is 17.0. The number of aromatic nitrogens is 1. The van der Waals surface area contributed by atoms with Crippen LogP contribution in [-0.4, -0.2) is 54.3 Å². The Balaban J connectivity index is 1.63. The first kappa shape index (κ1) is 19.1. The van der Waals surface area contributed by atoms with E-state index in [1.165, 1.54) is 12.3 Å². The van der Waals surface area contributed by atoms with E-state index < -0.39 is 17.2 Å². The topological polar surface area (TPSA) is 87.0 Å². The van der Waals surface area contributed by atoms with E-state index in [0.717, 1.165) is 31.6 Å². The molecule has 1 aromatic carbocycles. The molecule has 5 rings (SSSR count). The second-order valence-electron chi connectivity index (χ2n) is 8.57. The SMILES string of the molecule is CONC1=CN(c2cc3c(cc2F)c(=O)c(C(=O)O)cn3C2CC2)CC12CN(C)C2. The van der Waals surface area contributed by atoms with Gasteiger partial charge in [0.2, 0.25) is 5.43 Å². The second kappa shape index (κ2) is 6.55. The molecular weight excluding hydrogens is 391 g/mol. The molecule has 2 aliphatic heterocycles. The van der Waals surface area contributed by atoms with Crippen LogP contribution in [0.2, 0.25) is 0 Å². The summed E-state index contributed by atoms with van der Waals surface area (Å²) in [6.45, 7) is 2.25. The highest BCUT2D eigenvalue weighted by Crippen LogP contribution is 2.44. The number of aromatic carboxylic acids is 1. The van der Waals surface area contributed by atoms with Crippen LogP contribution < -0.4 is 15.8 Å². The molecule has 9 heteroatoms. The van der Waals surface area contributed by atoms with Crippen molar-refractivity contribution in [1.29, 1.82) is 0 Å². The number of pyridine rings is 1. The first-order chi connectivity index (χ1) is 14.3. The minimum absolute atomic E-state index is 0.0968. The zero-order valence-electron chi connectivity index (χ0n) is 16.8. The van der Waals surface area contributed by atoms with Crippen LogP contribution in [0, 0.1) is 11.2 Å². The zero-order chi connectivity index (χ0) is 21.2. The lowest BCUT2D eigenvalue weighted by atomic mass is 9.79. The lowest BCUT2D eigenvalue weighted by molar-refractivity contribution is 0.0262. The summed E-state index contributed by atoms with van der Waals surface area (Å²) >= 11 is 0. The van der Waals surface area contributed by atoms with Crippen molar-refractivity contribution in [1.82, 2.24) is 14.9 Å². The first-order valence-corrected chi connectivity index (χ1v) is 9.91. The molecule has 30 heavy (non-hydrogen) atoms. The summed E-state index contributed by atoms with van der Waals surface area (Å²) in [4.78, 5) is 33.3. The van der Waals surface area contributed by atoms with Gasteiger partial charge in [-0.05, 0) is 32.0 Å². The number of carbonyl (C=O) groups is 1. The Morgan fingerprint density at radius 1 is 1.30 bits per heavy atom. The van der Waals surface area contributed by atoms with Crippen molar-refractivity contribution < 1.29 is 19.1 Å². The molecule has 1 saturated heterocycles. The van der Waals surface area contributed by atoms with Gasteiger partial charge in [-0.15, -0.1) is 0 Å². The quantitative estimate of drug-likeness (QED) is 0.723. The number of carboxylic acid groups (broad SMARTS) is 1. The van der Waals surface area contributed by atoms with Gasteiger partial charge < -0.3 is 19.5 Å². The predicted octanol–water partition coefficient (Wildman–Crippen LogP) is 1.92. The Morgan fingerprint density at radius 3 is 2.63 bits per heavy atom. The highest BCUT2D eigenvalue weighted by Gasteiger charge is 2.49. The van der Waals surface area contributed by atoms with Crippen molar-refractivity contribution in [2.24, 2.45) is 5.41 Å². The monoisotopic (exact) mass is 414 g/mol. The number of nitrogens with one attached hydrogen (secondary N) is 1. The van der Waals surface area contributed by atoms with Crippen molar-refractivity contribution in [2.75, 3.05) is 38.7 Å². The summed E-state index contributed by atoms with van der Waals surface area (Å²) in [6, 6.07) is 2.97. The third-order valence-corrected chi connectivity index (χ3v) is 6.27. The molecule has 1 spiro atoms. The Kier molecular flexibility index (Phi) is 4.16. The number of nitrogens with zero attached hydrogens (tertiary/aromatic N) is 3. The smallest absolute Gasteiger partial charge is 0.341 e. The van der Waals surface area contributed by atoms with Crippen molar-refractivity contribution in [2.45, 2.75) is 18.9 Å². The highest BCUT2D eigenvalue weighted by molar-refractivity contribution is 5.93. The van der Waals surface area contributed by atoms with Gasteiger partial charge in [0.15, 0.2) is 0 Å². The zero-order valence-corrected chi connectivity index (χ0v) is 16.8. The van der Waals surface area contributed by atoms with E-state index in [9.17, 15) is 14.7 Å². The molecule has 2 N–H and O–H groups in total. The fourth-order valence-corrected chi connectivity index (χ4v) is 4.79. The first-order valence-electron chi connectivity index (χ1n) is 9.91. The fourth-order valence-electron chi connectivity index (χ4n) is 4.79. The van der Waals surface area contributed by atoms with Gasteiger partial charge in [-0.2, -0.15) is 0 Å². The summed E-state index contributed by atoms with van der Waals surface area (Å²) in [6.07, 6.45) is 5.06. The number of carboxylic acids is 1. The van der Waals surface area contributed by atoms with Gasteiger partial charge in [-0.1, -0.05) is 0 Å². The van der Waals surface area contributed by atoms with E-state index in [4.69, 9.17) is 4.84 Å². The Morgan fingerprint density at radius 2 is 2.03 bits per heavy atom. The Labute approximate surface area is 172 Å². The molecule has 1 saturated carbocycles. The maximum atomic E-state index is 15.2. The van der Waals surface area contributed by atoms with E-state index in [2.05, 4.69) is 10.4 Å². The van der Waals surface area contributed by atoms with Gasteiger partial charge in [-0.25, -0.2) is 9.18 Å². The van der Waals surface area contributed by atoms with E-state index >= 15 is 4.39 Å². The molecule has 0 amide bonds. The molecule has 3 heterocycles. The van der Waals surface area contributed by atoms with E-state index in [-0.39, 0.29) is 22.4 Å². The normalized spacial score (nSPS) is 20.5.